The fourth-order valence-electron chi connectivity index (χ4n) is 2.05. The predicted molar refractivity (Wildman–Crippen MR) is 79.9 cm³/mol. The van der Waals surface area contributed by atoms with Crippen molar-refractivity contribution in [2.75, 3.05) is 18.5 Å². The van der Waals surface area contributed by atoms with Gasteiger partial charge in [-0.3, -0.25) is 4.31 Å². The highest BCUT2D eigenvalue weighted by Crippen LogP contribution is 2.31. The molecule has 2 aromatic rings. The van der Waals surface area contributed by atoms with Crippen molar-refractivity contribution in [3.8, 4) is 5.75 Å². The summed E-state index contributed by atoms with van der Waals surface area (Å²) >= 11 is 0. The molecule has 0 aliphatic carbocycles. The van der Waals surface area contributed by atoms with Crippen LogP contribution < -0.4 is 9.04 Å². The van der Waals surface area contributed by atoms with Crippen molar-refractivity contribution >= 4 is 15.7 Å². The van der Waals surface area contributed by atoms with Crippen molar-refractivity contribution in [1.29, 1.82) is 0 Å². The molecule has 0 saturated heterocycles. The summed E-state index contributed by atoms with van der Waals surface area (Å²) in [7, 11) is 0.936. The van der Waals surface area contributed by atoms with Crippen molar-refractivity contribution in [2.24, 2.45) is 7.05 Å². The number of aliphatic hydroxyl groups excluding tert-OH is 1. The smallest absolute Gasteiger partial charge is 0.265 e. The second-order valence-electron chi connectivity index (χ2n) is 4.58. The number of aliphatic hydroxyl groups is 1. The van der Waals surface area contributed by atoms with Gasteiger partial charge in [-0.1, -0.05) is 12.1 Å². The van der Waals surface area contributed by atoms with E-state index in [9.17, 15) is 13.5 Å². The molecule has 0 amide bonds. The minimum atomic E-state index is -3.71. The van der Waals surface area contributed by atoms with E-state index >= 15 is 0 Å². The van der Waals surface area contributed by atoms with Crippen LogP contribution in [0.1, 0.15) is 5.69 Å². The van der Waals surface area contributed by atoms with E-state index in [0.717, 1.165) is 0 Å². The van der Waals surface area contributed by atoms with Crippen LogP contribution in [0.3, 0.4) is 0 Å². The van der Waals surface area contributed by atoms with Crippen LogP contribution in [0.25, 0.3) is 0 Å². The highest BCUT2D eigenvalue weighted by molar-refractivity contribution is 7.92. The van der Waals surface area contributed by atoms with Gasteiger partial charge in [0, 0.05) is 26.0 Å². The van der Waals surface area contributed by atoms with Gasteiger partial charge in [-0.2, -0.15) is 0 Å². The zero-order valence-corrected chi connectivity index (χ0v) is 13.0. The maximum atomic E-state index is 12.7. The third-order valence-electron chi connectivity index (χ3n) is 3.33. The number of aryl methyl sites for hydroxylation is 1. The van der Waals surface area contributed by atoms with Gasteiger partial charge in [-0.05, 0) is 18.2 Å². The monoisotopic (exact) mass is 310 g/mol. The van der Waals surface area contributed by atoms with Gasteiger partial charge in [-0.15, -0.1) is 0 Å². The van der Waals surface area contributed by atoms with Crippen LogP contribution in [0.15, 0.2) is 41.4 Å². The molecule has 0 unspecified atom stereocenters. The van der Waals surface area contributed by atoms with Crippen LogP contribution in [0.5, 0.6) is 5.75 Å². The predicted octanol–water partition coefficient (Wildman–Crippen LogP) is 1.35. The number of benzene rings is 1. The Balaban J connectivity index is 2.47. The molecule has 21 heavy (non-hydrogen) atoms. The van der Waals surface area contributed by atoms with Crippen LogP contribution in [0.2, 0.25) is 0 Å². The van der Waals surface area contributed by atoms with Crippen molar-refractivity contribution < 1.29 is 18.3 Å². The number of sulfonamides is 1. The van der Waals surface area contributed by atoms with Crippen LogP contribution in [0, 0.1) is 0 Å². The molecule has 0 aliphatic rings. The van der Waals surface area contributed by atoms with Crippen LogP contribution in [-0.2, 0) is 23.7 Å². The van der Waals surface area contributed by atoms with E-state index in [4.69, 9.17) is 4.74 Å². The zero-order valence-electron chi connectivity index (χ0n) is 12.1. The summed E-state index contributed by atoms with van der Waals surface area (Å²) in [5, 5.41) is 9.19. The van der Waals surface area contributed by atoms with Gasteiger partial charge < -0.3 is 14.4 Å². The first kappa shape index (κ1) is 15.4. The highest BCUT2D eigenvalue weighted by Gasteiger charge is 2.25. The van der Waals surface area contributed by atoms with Crippen LogP contribution in [0.4, 0.5) is 5.69 Å². The Kier molecular flexibility index (Phi) is 4.24. The Hall–Kier alpha value is -1.99. The molecule has 0 atom stereocenters. The van der Waals surface area contributed by atoms with Gasteiger partial charge >= 0.3 is 0 Å². The molecule has 0 saturated carbocycles. The molecular weight excluding hydrogens is 292 g/mol. The molecule has 0 aliphatic heterocycles. The molecule has 114 valence electrons. The first-order valence-corrected chi connectivity index (χ1v) is 7.74. The largest absolute Gasteiger partial charge is 0.495 e. The van der Waals surface area contributed by atoms with Gasteiger partial charge in [0.2, 0.25) is 0 Å². The van der Waals surface area contributed by atoms with E-state index in [1.165, 1.54) is 30.7 Å². The maximum Gasteiger partial charge on any atom is 0.265 e. The van der Waals surface area contributed by atoms with Crippen molar-refractivity contribution in [3.63, 3.8) is 0 Å². The number of hydrogen-bond acceptors (Lipinski definition) is 4. The fourth-order valence-corrected chi connectivity index (χ4v) is 3.36. The normalized spacial score (nSPS) is 11.4. The third kappa shape index (κ3) is 2.74. The molecule has 1 aromatic heterocycles. The lowest BCUT2D eigenvalue weighted by Gasteiger charge is -2.20. The molecule has 7 heteroatoms. The Bertz CT molecular complexity index is 737. The Labute approximate surface area is 124 Å². The maximum absolute atomic E-state index is 12.7. The molecule has 0 spiro atoms. The number of para-hydroxylation sites is 2. The molecule has 6 nitrogen and oxygen atoms in total. The number of ether oxygens (including phenoxy) is 1. The zero-order chi connectivity index (χ0) is 15.6. The lowest BCUT2D eigenvalue weighted by Crippen LogP contribution is -2.26. The van der Waals surface area contributed by atoms with Gasteiger partial charge in [0.15, 0.2) is 0 Å². The Morgan fingerprint density at radius 2 is 2.00 bits per heavy atom. The summed E-state index contributed by atoms with van der Waals surface area (Å²) in [6, 6.07) is 8.35. The summed E-state index contributed by atoms with van der Waals surface area (Å²) in [5.41, 5.74) is 0.983. The standard InChI is InChI=1S/C14H18N2O4S/c1-15-9-12(8-11(15)10-17)21(18,19)16(2)13-6-4-5-7-14(13)20-3/h4-9,17H,10H2,1-3H3. The van der Waals surface area contributed by atoms with Gasteiger partial charge in [0.25, 0.3) is 10.0 Å². The highest BCUT2D eigenvalue weighted by atomic mass is 32.2. The first-order chi connectivity index (χ1) is 9.91. The molecule has 1 aromatic carbocycles. The molecule has 0 radical (unpaired) electrons. The van der Waals surface area contributed by atoms with Crippen LogP contribution in [-0.4, -0.2) is 32.2 Å². The number of nitrogens with zero attached hydrogens (tertiary/aromatic N) is 2. The summed E-state index contributed by atoms with van der Waals surface area (Å²) in [6.45, 7) is -0.218. The number of rotatable bonds is 5. The van der Waals surface area contributed by atoms with E-state index < -0.39 is 10.0 Å². The molecule has 2 rings (SSSR count). The molecule has 0 fully saturated rings. The van der Waals surface area contributed by atoms with Gasteiger partial charge in [0.05, 0.1) is 19.4 Å². The minimum absolute atomic E-state index is 0.127. The first-order valence-electron chi connectivity index (χ1n) is 6.30. The minimum Gasteiger partial charge on any atom is -0.495 e. The average molecular weight is 310 g/mol. The third-order valence-corrected chi connectivity index (χ3v) is 5.06. The second kappa shape index (κ2) is 5.79. The van der Waals surface area contributed by atoms with Crippen LogP contribution >= 0.6 is 0 Å². The molecular formula is C14H18N2O4S. The second-order valence-corrected chi connectivity index (χ2v) is 6.55. The number of hydrogen-bond donors (Lipinski definition) is 1. The van der Waals surface area contributed by atoms with E-state index in [0.29, 0.717) is 17.1 Å². The van der Waals surface area contributed by atoms with E-state index in [2.05, 4.69) is 0 Å². The fraction of sp³-hybridized carbons (Fsp3) is 0.286. The topological polar surface area (TPSA) is 71.8 Å². The number of anilines is 1. The van der Waals surface area contributed by atoms with E-state index in [1.807, 2.05) is 0 Å². The molecule has 0 bridgehead atoms. The van der Waals surface area contributed by atoms with Gasteiger partial charge in [-0.25, -0.2) is 8.42 Å². The van der Waals surface area contributed by atoms with Crippen molar-refractivity contribution in [3.05, 3.63) is 42.2 Å². The SMILES string of the molecule is COc1ccccc1N(C)S(=O)(=O)c1cc(CO)n(C)c1. The van der Waals surface area contributed by atoms with E-state index in [1.54, 1.807) is 35.9 Å². The molecule has 1 N–H and O–H groups in total. The lowest BCUT2D eigenvalue weighted by atomic mass is 10.3. The quantitative estimate of drug-likeness (QED) is 0.905. The Morgan fingerprint density at radius 3 is 2.57 bits per heavy atom. The number of aromatic nitrogens is 1. The summed E-state index contributed by atoms with van der Waals surface area (Å²) in [4.78, 5) is 0.127. The summed E-state index contributed by atoms with van der Waals surface area (Å²) in [6.07, 6.45) is 1.48. The average Bonchev–Trinajstić information content (AvgIpc) is 2.88. The Morgan fingerprint density at radius 1 is 1.33 bits per heavy atom. The van der Waals surface area contributed by atoms with Gasteiger partial charge in [0.1, 0.15) is 10.6 Å². The molecule has 1 heterocycles. The summed E-state index contributed by atoms with van der Waals surface area (Å²) in [5.74, 6) is 0.474. The van der Waals surface area contributed by atoms with E-state index in [-0.39, 0.29) is 11.5 Å². The number of methoxy groups -OCH3 is 1. The summed E-state index contributed by atoms with van der Waals surface area (Å²) < 4.78 is 33.3. The van der Waals surface area contributed by atoms with Crippen molar-refractivity contribution in [1.82, 2.24) is 4.57 Å². The van der Waals surface area contributed by atoms with Crippen molar-refractivity contribution in [2.45, 2.75) is 11.5 Å². The lowest BCUT2D eigenvalue weighted by molar-refractivity contribution is 0.272.